The summed E-state index contributed by atoms with van der Waals surface area (Å²) >= 11 is 0. The van der Waals surface area contributed by atoms with E-state index in [1.807, 2.05) is 0 Å². The van der Waals surface area contributed by atoms with E-state index >= 15 is 0 Å². The Balaban J connectivity index is 2.99. The molecule has 4 nitrogen and oxygen atoms in total. The van der Waals surface area contributed by atoms with Crippen LogP contribution in [0.5, 0.6) is 0 Å². The second-order valence-electron chi connectivity index (χ2n) is 4.60. The summed E-state index contributed by atoms with van der Waals surface area (Å²) in [6, 6.07) is -0.812. The van der Waals surface area contributed by atoms with Crippen molar-refractivity contribution in [3.05, 3.63) is 0 Å². The maximum atomic E-state index is 12.0. The molecule has 0 spiro atoms. The summed E-state index contributed by atoms with van der Waals surface area (Å²) in [5.41, 5.74) is -0.785. The van der Waals surface area contributed by atoms with Crippen molar-refractivity contribution < 1.29 is 19.8 Å². The molecule has 0 N–H and O–H groups in total. The lowest BCUT2D eigenvalue weighted by molar-refractivity contribution is -0.130. The molecule has 0 aromatic heterocycles. The van der Waals surface area contributed by atoms with E-state index in [4.69, 9.17) is 10.2 Å². The van der Waals surface area contributed by atoms with Crippen molar-refractivity contribution in [2.24, 2.45) is 5.92 Å². The molecule has 1 aliphatic rings. The molecule has 2 amide bonds. The fourth-order valence-electron chi connectivity index (χ4n) is 1.36. The summed E-state index contributed by atoms with van der Waals surface area (Å²) in [5, 5.41) is 0. The molecule has 1 heterocycles. The minimum Gasteiger partial charge on any atom is -0.443 e. The number of ether oxygens (including phenoxy) is 1. The van der Waals surface area contributed by atoms with Crippen LogP contribution in [0.2, 0.25) is 0 Å². The Hall–Kier alpha value is -1.06. The Morgan fingerprint density at radius 3 is 2.67 bits per heavy atom. The van der Waals surface area contributed by atoms with Gasteiger partial charge in [0.25, 0.3) is 0 Å². The Morgan fingerprint density at radius 1 is 1.67 bits per heavy atom. The molecule has 1 rings (SSSR count). The first kappa shape index (κ1) is 7.25. The maximum absolute atomic E-state index is 12.0. The van der Waals surface area contributed by atoms with E-state index in [1.165, 1.54) is 6.92 Å². The van der Waals surface area contributed by atoms with Gasteiger partial charge in [-0.25, -0.2) is 9.69 Å². The molecule has 1 aliphatic heterocycles. The topological polar surface area (TPSA) is 46.6 Å². The van der Waals surface area contributed by atoms with Crippen LogP contribution in [0, 0.1) is 5.92 Å². The smallest absolute Gasteiger partial charge is 0.417 e. The van der Waals surface area contributed by atoms with Crippen LogP contribution in [0.25, 0.3) is 0 Å². The summed E-state index contributed by atoms with van der Waals surface area (Å²) in [6.07, 6.45) is -2.07. The Labute approximate surface area is 96.2 Å². The number of carbonyl (C=O) groups excluding carboxylic acids is 2. The predicted molar refractivity (Wildman–Crippen MR) is 56.3 cm³/mol. The molecule has 3 atom stereocenters. The standard InChI is InChI=1S/C11H19NO3/c1-7-6-8(2)12(9(7)13)10(14)15-11(3,4)5/h7-8H,6H2,1-5H3/t7-,8+/m0/s1/i1+0D3,6D/t6-,7+,8-/m1. The normalized spacial score (nSPS) is 36.7. The van der Waals surface area contributed by atoms with Crippen molar-refractivity contribution in [1.82, 2.24) is 4.90 Å². The third-order valence-corrected chi connectivity index (χ3v) is 1.97. The van der Waals surface area contributed by atoms with E-state index in [0.29, 0.717) is 0 Å². The van der Waals surface area contributed by atoms with Crippen LogP contribution < -0.4 is 0 Å². The monoisotopic (exact) mass is 217 g/mol. The van der Waals surface area contributed by atoms with Crippen LogP contribution in [0.1, 0.15) is 46.4 Å². The zero-order chi connectivity index (χ0) is 15.2. The number of nitrogens with zero attached hydrogens (tertiary/aromatic N) is 1. The van der Waals surface area contributed by atoms with Crippen molar-refractivity contribution in [3.63, 3.8) is 0 Å². The summed E-state index contributed by atoms with van der Waals surface area (Å²) < 4.78 is 34.8. The van der Waals surface area contributed by atoms with E-state index < -0.39 is 42.8 Å². The van der Waals surface area contributed by atoms with Gasteiger partial charge in [0.1, 0.15) is 5.60 Å². The van der Waals surface area contributed by atoms with Gasteiger partial charge >= 0.3 is 6.09 Å². The highest BCUT2D eigenvalue weighted by Gasteiger charge is 2.40. The quantitative estimate of drug-likeness (QED) is 0.624. The van der Waals surface area contributed by atoms with E-state index in [9.17, 15) is 9.59 Å². The highest BCUT2D eigenvalue weighted by Crippen LogP contribution is 2.25. The third kappa shape index (κ3) is 2.70. The molecule has 0 aromatic carbocycles. The van der Waals surface area contributed by atoms with E-state index in [2.05, 4.69) is 0 Å². The Bertz CT molecular complexity index is 388. The van der Waals surface area contributed by atoms with Crippen LogP contribution in [0.4, 0.5) is 4.79 Å². The number of imide groups is 1. The molecule has 0 saturated carbocycles. The van der Waals surface area contributed by atoms with Crippen molar-refractivity contribution in [2.75, 3.05) is 0 Å². The fraction of sp³-hybridized carbons (Fsp3) is 0.818. The molecule has 0 aromatic rings. The van der Waals surface area contributed by atoms with Gasteiger partial charge in [-0.05, 0) is 34.1 Å². The second kappa shape index (κ2) is 3.83. The van der Waals surface area contributed by atoms with Gasteiger partial charge < -0.3 is 4.74 Å². The number of rotatable bonds is 0. The highest BCUT2D eigenvalue weighted by atomic mass is 16.6. The largest absolute Gasteiger partial charge is 0.443 e. The van der Waals surface area contributed by atoms with Crippen LogP contribution in [-0.2, 0) is 9.53 Å². The van der Waals surface area contributed by atoms with Crippen LogP contribution >= 0.6 is 0 Å². The predicted octanol–water partition coefficient (Wildman–Crippen LogP) is 2.18. The van der Waals surface area contributed by atoms with Crippen molar-refractivity contribution in [1.29, 1.82) is 0 Å². The minimum absolute atomic E-state index is 0.750. The van der Waals surface area contributed by atoms with Gasteiger partial charge in [-0.3, -0.25) is 4.79 Å². The van der Waals surface area contributed by atoms with Gasteiger partial charge in [0.05, 0.1) is 0 Å². The molecule has 86 valence electrons. The van der Waals surface area contributed by atoms with Gasteiger partial charge in [0, 0.05) is 17.4 Å². The Morgan fingerprint density at radius 2 is 2.27 bits per heavy atom. The summed E-state index contributed by atoms with van der Waals surface area (Å²) in [6.45, 7) is 3.83. The molecular weight excluding hydrogens is 194 g/mol. The van der Waals surface area contributed by atoms with Gasteiger partial charge in [-0.1, -0.05) is 6.85 Å². The number of likely N-dealkylation sites (tertiary alicyclic amines) is 1. The lowest BCUT2D eigenvalue weighted by Gasteiger charge is -2.25. The van der Waals surface area contributed by atoms with Crippen molar-refractivity contribution >= 4 is 12.0 Å². The molecule has 0 aliphatic carbocycles. The first-order valence-corrected chi connectivity index (χ1v) is 4.84. The summed E-state index contributed by atoms with van der Waals surface area (Å²) in [7, 11) is 0. The van der Waals surface area contributed by atoms with Gasteiger partial charge in [0.15, 0.2) is 0 Å². The molecule has 0 unspecified atom stereocenters. The first-order valence-electron chi connectivity index (χ1n) is 6.92. The van der Waals surface area contributed by atoms with Gasteiger partial charge in [-0.15, -0.1) is 0 Å². The average molecular weight is 217 g/mol. The number of hydrogen-bond acceptors (Lipinski definition) is 3. The van der Waals surface area contributed by atoms with Crippen LogP contribution in [-0.4, -0.2) is 28.5 Å². The molecular formula is C11H19NO3. The molecule has 1 fully saturated rings. The van der Waals surface area contributed by atoms with Crippen molar-refractivity contribution in [3.8, 4) is 0 Å². The average Bonchev–Trinajstić information content (AvgIpc) is 2.33. The summed E-state index contributed by atoms with van der Waals surface area (Å²) in [4.78, 5) is 24.7. The molecule has 15 heavy (non-hydrogen) atoms. The molecule has 0 bridgehead atoms. The number of carbonyl (C=O) groups is 2. The van der Waals surface area contributed by atoms with Gasteiger partial charge in [0.2, 0.25) is 5.91 Å². The van der Waals surface area contributed by atoms with Crippen LogP contribution in [0.15, 0.2) is 0 Å². The second-order valence-corrected chi connectivity index (χ2v) is 4.60. The SMILES string of the molecule is [2H][C@H]1[C@@H](C)N(C(=O)OC(C)(C)C)C(=O)[C@H]1[12C]([2H])([2H])[2H]. The Kier molecular flexibility index (Phi) is 1.85. The molecule has 4 heteroatoms. The summed E-state index contributed by atoms with van der Waals surface area (Å²) in [5.74, 6) is -2.34. The van der Waals surface area contributed by atoms with Gasteiger partial charge in [-0.2, -0.15) is 0 Å². The fourth-order valence-corrected chi connectivity index (χ4v) is 1.36. The maximum Gasteiger partial charge on any atom is 0.417 e. The first-order chi connectivity index (χ1) is 8.36. The highest BCUT2D eigenvalue weighted by molar-refractivity contribution is 5.95. The lowest BCUT2D eigenvalue weighted by atomic mass is 10.1. The number of amides is 2. The molecule has 1 saturated heterocycles. The lowest BCUT2D eigenvalue weighted by Crippen LogP contribution is -2.41. The number of hydrogen-bond donors (Lipinski definition) is 0. The van der Waals surface area contributed by atoms with E-state index in [-0.39, 0.29) is 0 Å². The van der Waals surface area contributed by atoms with Crippen molar-refractivity contribution in [2.45, 2.75) is 52.6 Å². The zero-order valence-corrected chi connectivity index (χ0v) is 9.40. The van der Waals surface area contributed by atoms with E-state index in [1.54, 1.807) is 20.8 Å². The van der Waals surface area contributed by atoms with E-state index in [0.717, 1.165) is 4.90 Å². The van der Waals surface area contributed by atoms with Crippen LogP contribution in [0.3, 0.4) is 0 Å². The zero-order valence-electron chi connectivity index (χ0n) is 13.4. The molecule has 0 radical (unpaired) electrons. The third-order valence-electron chi connectivity index (χ3n) is 1.97. The minimum atomic E-state index is -2.59.